The maximum absolute atomic E-state index is 11.1. The van der Waals surface area contributed by atoms with Gasteiger partial charge in [0.2, 0.25) is 0 Å². The van der Waals surface area contributed by atoms with Crippen molar-refractivity contribution in [3.8, 4) is 112 Å². The van der Waals surface area contributed by atoms with Crippen LogP contribution in [0.25, 0.3) is 10.8 Å². The second-order valence-corrected chi connectivity index (χ2v) is 13.8. The monoisotopic (exact) mass is 792 g/mol. The van der Waals surface area contributed by atoms with Crippen molar-refractivity contribution in [2.75, 3.05) is 0 Å². The van der Waals surface area contributed by atoms with Gasteiger partial charge in [0.1, 0.15) is 17.1 Å². The SMILES string of the molecule is CC#CC1=CC(C#CC)CC(C#Cc2cc(C#Cc3cc(C#CC)cc(C#CC)c3)c(N=Nc3c(O)ccc4ccccc34)c(C#Cc3cc(C#CC)cc(C#CCC)c3)c2)=C1. The molecule has 0 saturated carbocycles. The molecule has 3 heteroatoms. The number of phenols is 1. The molecule has 0 bridgehead atoms. The van der Waals surface area contributed by atoms with E-state index in [0.29, 0.717) is 34.5 Å². The fourth-order valence-electron chi connectivity index (χ4n) is 6.59. The lowest BCUT2D eigenvalue weighted by atomic mass is 9.90. The molecule has 0 radical (unpaired) electrons. The van der Waals surface area contributed by atoms with E-state index < -0.39 is 0 Å². The van der Waals surface area contributed by atoms with Crippen LogP contribution in [0.3, 0.4) is 0 Å². The van der Waals surface area contributed by atoms with Gasteiger partial charge in [-0.1, -0.05) is 120 Å². The van der Waals surface area contributed by atoms with E-state index in [4.69, 9.17) is 5.11 Å². The first-order valence-electron chi connectivity index (χ1n) is 20.0. The molecule has 292 valence electrons. The fourth-order valence-corrected chi connectivity index (χ4v) is 6.59. The van der Waals surface area contributed by atoms with Gasteiger partial charge in [-0.3, -0.25) is 0 Å². The van der Waals surface area contributed by atoms with Crippen LogP contribution < -0.4 is 0 Å². The van der Waals surface area contributed by atoms with E-state index in [-0.39, 0.29) is 11.7 Å². The molecule has 3 nitrogen and oxygen atoms in total. The molecule has 5 aromatic rings. The smallest absolute Gasteiger partial charge is 0.143 e. The van der Waals surface area contributed by atoms with Crippen LogP contribution in [0.1, 0.15) is 104 Å². The highest BCUT2D eigenvalue weighted by Gasteiger charge is 2.14. The Bertz CT molecular complexity index is 3280. The van der Waals surface area contributed by atoms with Crippen LogP contribution in [0.5, 0.6) is 5.75 Å². The number of azo groups is 1. The van der Waals surface area contributed by atoms with Crippen LogP contribution in [0.2, 0.25) is 0 Å². The summed E-state index contributed by atoms with van der Waals surface area (Å²) < 4.78 is 0. The number of aromatic hydroxyl groups is 1. The molecule has 0 amide bonds. The Hall–Kier alpha value is -8.72. The highest BCUT2D eigenvalue weighted by atomic mass is 16.3. The normalized spacial score (nSPS) is 11.9. The van der Waals surface area contributed by atoms with Crippen molar-refractivity contribution < 1.29 is 5.11 Å². The molecule has 1 aliphatic carbocycles. The summed E-state index contributed by atoms with van der Waals surface area (Å²) in [6.45, 7) is 11.1. The van der Waals surface area contributed by atoms with Gasteiger partial charge in [0.15, 0.2) is 0 Å². The Morgan fingerprint density at radius 3 is 1.61 bits per heavy atom. The van der Waals surface area contributed by atoms with Gasteiger partial charge in [-0.2, -0.15) is 0 Å². The summed E-state index contributed by atoms with van der Waals surface area (Å²) in [4.78, 5) is 0. The van der Waals surface area contributed by atoms with Crippen molar-refractivity contribution in [2.45, 2.75) is 54.4 Å². The average molecular weight is 793 g/mol. The molecule has 0 spiro atoms. The summed E-state index contributed by atoms with van der Waals surface area (Å²) in [7, 11) is 0. The van der Waals surface area contributed by atoms with Crippen LogP contribution in [-0.4, -0.2) is 5.11 Å². The first-order chi connectivity index (χ1) is 30.3. The lowest BCUT2D eigenvalue weighted by Crippen LogP contribution is -2.01. The molecule has 1 aliphatic rings. The van der Waals surface area contributed by atoms with E-state index in [1.165, 1.54) is 0 Å². The van der Waals surface area contributed by atoms with Gasteiger partial charge in [-0.15, -0.1) is 39.8 Å². The molecule has 0 heterocycles. The highest BCUT2D eigenvalue weighted by Crippen LogP contribution is 2.37. The number of benzene rings is 5. The van der Waals surface area contributed by atoms with Crippen LogP contribution in [0.4, 0.5) is 11.4 Å². The molecule has 6 rings (SSSR count). The number of hydrogen-bond donors (Lipinski definition) is 1. The molecule has 62 heavy (non-hydrogen) atoms. The molecule has 0 aromatic heterocycles. The van der Waals surface area contributed by atoms with Crippen LogP contribution in [-0.2, 0) is 0 Å². The van der Waals surface area contributed by atoms with E-state index in [1.54, 1.807) is 26.8 Å². The van der Waals surface area contributed by atoms with E-state index in [2.05, 4.69) is 118 Å². The van der Waals surface area contributed by atoms with Crippen LogP contribution >= 0.6 is 0 Å². The van der Waals surface area contributed by atoms with Crippen LogP contribution in [0.15, 0.2) is 118 Å². The molecule has 1 unspecified atom stereocenters. The number of rotatable bonds is 2. The topological polar surface area (TPSA) is 45.0 Å². The summed E-state index contributed by atoms with van der Waals surface area (Å²) in [6.07, 6.45) is 5.50. The van der Waals surface area contributed by atoms with Gasteiger partial charge in [0, 0.05) is 67.8 Å². The predicted molar refractivity (Wildman–Crippen MR) is 254 cm³/mol. The van der Waals surface area contributed by atoms with Gasteiger partial charge in [-0.25, -0.2) is 0 Å². The van der Waals surface area contributed by atoms with E-state index in [1.807, 2.05) is 106 Å². The van der Waals surface area contributed by atoms with Crippen molar-refractivity contribution >= 4 is 22.1 Å². The number of nitrogens with zero attached hydrogens (tertiary/aromatic N) is 2. The Labute approximate surface area is 366 Å². The molecule has 0 fully saturated rings. The maximum Gasteiger partial charge on any atom is 0.143 e. The summed E-state index contributed by atoms with van der Waals surface area (Å²) in [6, 6.07) is 26.7. The molecular weight excluding hydrogens is 753 g/mol. The average Bonchev–Trinajstić information content (AvgIpc) is 3.26. The second kappa shape index (κ2) is 21.3. The first kappa shape index (κ1) is 42.9. The minimum Gasteiger partial charge on any atom is -0.506 e. The summed E-state index contributed by atoms with van der Waals surface area (Å²) in [5.41, 5.74) is 8.99. The third-order valence-electron chi connectivity index (χ3n) is 9.12. The molecule has 5 aromatic carbocycles. The van der Waals surface area contributed by atoms with Crippen molar-refractivity contribution in [2.24, 2.45) is 16.1 Å². The zero-order chi connectivity index (χ0) is 43.7. The third-order valence-corrected chi connectivity index (χ3v) is 9.12. The Balaban J connectivity index is 1.63. The molecule has 0 saturated heterocycles. The third kappa shape index (κ3) is 11.5. The molecule has 1 atom stereocenters. The minimum absolute atomic E-state index is 0.00353. The van der Waals surface area contributed by atoms with Crippen molar-refractivity contribution in [1.82, 2.24) is 0 Å². The Kier molecular flexibility index (Phi) is 14.8. The largest absolute Gasteiger partial charge is 0.506 e. The lowest BCUT2D eigenvalue weighted by Gasteiger charge is -2.12. The van der Waals surface area contributed by atoms with Gasteiger partial charge in [0.05, 0.1) is 11.1 Å². The molecule has 1 N–H and O–H groups in total. The first-order valence-corrected chi connectivity index (χ1v) is 20.0. The number of hydrogen-bond acceptors (Lipinski definition) is 3. The van der Waals surface area contributed by atoms with Crippen molar-refractivity contribution in [3.05, 3.63) is 158 Å². The zero-order valence-electron chi connectivity index (χ0n) is 35.6. The quantitative estimate of drug-likeness (QED) is 0.140. The predicted octanol–water partition coefficient (Wildman–Crippen LogP) is 11.9. The van der Waals surface area contributed by atoms with Gasteiger partial charge in [0.25, 0.3) is 0 Å². The van der Waals surface area contributed by atoms with Crippen LogP contribution in [0, 0.1) is 112 Å². The molecular formula is C59H40N2O. The zero-order valence-corrected chi connectivity index (χ0v) is 35.6. The number of allylic oxidation sites excluding steroid dienone is 4. The van der Waals surface area contributed by atoms with Gasteiger partial charge in [-0.05, 0) is 107 Å². The maximum atomic E-state index is 11.1. The summed E-state index contributed by atoms with van der Waals surface area (Å²) in [5, 5.41) is 22.3. The molecule has 0 aliphatic heterocycles. The standard InChI is InChI=1S/C59H40N2O/c1-7-13-21-48-34-47(20-12-6)39-51(40-48)27-29-55-42-52(25-24-49-35-43(16-8-2)32-44(36-49)17-9-3)41-54(28-26-50-37-45(18-10-4)33-46(38-50)19-11-5)58(55)60-61-59-56-23-15-14-22-53(56)30-31-57(59)62/h14-15,22-23,30-35,37-42,44,62H,7,36H2,1-6H3. The Morgan fingerprint density at radius 2 is 1.05 bits per heavy atom. The van der Waals surface area contributed by atoms with E-state index in [0.717, 1.165) is 61.7 Å². The van der Waals surface area contributed by atoms with Crippen molar-refractivity contribution in [1.29, 1.82) is 0 Å². The summed E-state index contributed by atoms with van der Waals surface area (Å²) >= 11 is 0. The van der Waals surface area contributed by atoms with Crippen molar-refractivity contribution in [3.63, 3.8) is 0 Å². The summed E-state index contributed by atoms with van der Waals surface area (Å²) in [5.74, 6) is 57.5. The van der Waals surface area contributed by atoms with E-state index >= 15 is 0 Å². The number of fused-ring (bicyclic) bond motifs is 1. The minimum atomic E-state index is -0.00353. The fraction of sp³-hybridized carbons (Fsp3) is 0.153. The van der Waals surface area contributed by atoms with Gasteiger partial charge >= 0.3 is 0 Å². The van der Waals surface area contributed by atoms with E-state index in [9.17, 15) is 5.11 Å². The lowest BCUT2D eigenvalue weighted by molar-refractivity contribution is 0.477. The highest BCUT2D eigenvalue weighted by molar-refractivity contribution is 5.95. The second-order valence-electron chi connectivity index (χ2n) is 13.8. The Morgan fingerprint density at radius 1 is 0.532 bits per heavy atom. The number of phenolic OH excluding ortho intramolecular Hbond substituents is 1. The van der Waals surface area contributed by atoms with Gasteiger partial charge < -0.3 is 5.11 Å².